The fraction of sp³-hybridized carbons (Fsp3) is 0.167. The second-order valence-corrected chi connectivity index (χ2v) is 9.20. The Morgan fingerprint density at radius 3 is 2.24 bits per heavy atom. The molecule has 0 spiro atoms. The minimum atomic E-state index is -0.550. The molecule has 3 nitrogen and oxygen atoms in total. The van der Waals surface area contributed by atoms with Crippen LogP contribution in [-0.2, 0) is 10.2 Å². The Morgan fingerprint density at radius 1 is 1.00 bits per heavy atom. The number of halogens is 1. The van der Waals surface area contributed by atoms with E-state index >= 15 is 0 Å². The zero-order valence-corrected chi connectivity index (χ0v) is 17.4. The molecule has 5 rings (SSSR count). The molecule has 1 heterocycles. The third-order valence-electron chi connectivity index (χ3n) is 6.04. The molecule has 0 saturated heterocycles. The van der Waals surface area contributed by atoms with Crippen molar-refractivity contribution in [1.82, 2.24) is 4.98 Å². The first-order valence-electron chi connectivity index (χ1n) is 9.52. The van der Waals surface area contributed by atoms with Gasteiger partial charge in [0.15, 0.2) is 5.13 Å². The summed E-state index contributed by atoms with van der Waals surface area (Å²) in [6.45, 7) is 2.05. The van der Waals surface area contributed by atoms with Crippen LogP contribution in [0.3, 0.4) is 0 Å². The Bertz CT molecular complexity index is 1170. The molecular weight excluding hydrogens is 400 g/mol. The van der Waals surface area contributed by atoms with E-state index in [4.69, 9.17) is 11.6 Å². The molecule has 0 radical (unpaired) electrons. The van der Waals surface area contributed by atoms with Gasteiger partial charge in [0.2, 0.25) is 5.91 Å². The summed E-state index contributed by atoms with van der Waals surface area (Å²) in [5.41, 5.74) is 2.29. The van der Waals surface area contributed by atoms with Gasteiger partial charge in [-0.05, 0) is 42.7 Å². The summed E-state index contributed by atoms with van der Waals surface area (Å²) in [5, 5.41) is 4.35. The van der Waals surface area contributed by atoms with Crippen LogP contribution in [0.2, 0.25) is 5.02 Å². The maximum Gasteiger partial charge on any atom is 0.233 e. The molecule has 4 aromatic rings. The van der Waals surface area contributed by atoms with Crippen molar-refractivity contribution in [2.75, 3.05) is 5.32 Å². The van der Waals surface area contributed by atoms with Crippen molar-refractivity contribution in [2.45, 2.75) is 18.8 Å². The maximum absolute atomic E-state index is 13.4. The van der Waals surface area contributed by atoms with Gasteiger partial charge in [-0.3, -0.25) is 4.79 Å². The molecule has 1 saturated carbocycles. The van der Waals surface area contributed by atoms with E-state index in [1.54, 1.807) is 0 Å². The summed E-state index contributed by atoms with van der Waals surface area (Å²) < 4.78 is 0.964. The smallest absolute Gasteiger partial charge is 0.233 e. The predicted molar refractivity (Wildman–Crippen MR) is 120 cm³/mol. The summed E-state index contributed by atoms with van der Waals surface area (Å²) in [6.07, 6.45) is 0.760. The Balaban J connectivity index is 1.51. The largest absolute Gasteiger partial charge is 0.301 e. The first-order valence-corrected chi connectivity index (χ1v) is 10.7. The number of hydrogen-bond donors (Lipinski definition) is 1. The highest BCUT2D eigenvalue weighted by atomic mass is 35.5. The summed E-state index contributed by atoms with van der Waals surface area (Å²) in [7, 11) is 0. The molecule has 1 aromatic heterocycles. The highest BCUT2D eigenvalue weighted by Gasteiger charge is 2.70. The molecule has 1 N–H and O–H groups in total. The molecule has 0 bridgehead atoms. The molecule has 3 aromatic carbocycles. The molecule has 1 aliphatic rings. The van der Waals surface area contributed by atoms with Crippen molar-refractivity contribution in [3.8, 4) is 0 Å². The number of thiazole rings is 1. The molecule has 1 atom stereocenters. The van der Waals surface area contributed by atoms with E-state index in [-0.39, 0.29) is 11.3 Å². The van der Waals surface area contributed by atoms with Gasteiger partial charge in [-0.2, -0.15) is 0 Å². The highest BCUT2D eigenvalue weighted by Crippen LogP contribution is 2.68. The van der Waals surface area contributed by atoms with Crippen molar-refractivity contribution in [2.24, 2.45) is 5.41 Å². The first kappa shape index (κ1) is 18.3. The van der Waals surface area contributed by atoms with Crippen LogP contribution in [0.25, 0.3) is 10.2 Å². The lowest BCUT2D eigenvalue weighted by molar-refractivity contribution is -0.121. The SMILES string of the molecule is CC1(C(=O)Nc2nc3ccc(Cl)cc3s2)CC1(c1ccccc1)c1ccccc1. The van der Waals surface area contributed by atoms with Crippen LogP contribution in [0.5, 0.6) is 0 Å². The molecule has 144 valence electrons. The average Bonchev–Trinajstić information content (AvgIpc) is 3.22. The van der Waals surface area contributed by atoms with Gasteiger partial charge in [0.05, 0.1) is 15.6 Å². The maximum atomic E-state index is 13.4. The number of anilines is 1. The van der Waals surface area contributed by atoms with Gasteiger partial charge in [-0.25, -0.2) is 4.98 Å². The van der Waals surface area contributed by atoms with Gasteiger partial charge in [-0.15, -0.1) is 0 Å². The van der Waals surface area contributed by atoms with Crippen LogP contribution in [0, 0.1) is 5.41 Å². The zero-order chi connectivity index (χ0) is 20.1. The van der Waals surface area contributed by atoms with E-state index < -0.39 is 5.41 Å². The fourth-order valence-corrected chi connectivity index (χ4v) is 5.54. The highest BCUT2D eigenvalue weighted by molar-refractivity contribution is 7.22. The standard InChI is InChI=1S/C24H19ClN2OS/c1-23(21(28)27-22-26-19-13-12-18(25)14-20(19)29-22)15-24(23,16-8-4-2-5-9-16)17-10-6-3-7-11-17/h2-14H,15H2,1H3,(H,26,27,28). The van der Waals surface area contributed by atoms with Gasteiger partial charge < -0.3 is 5.32 Å². The molecule has 1 aliphatic carbocycles. The number of carbonyl (C=O) groups excluding carboxylic acids is 1. The second-order valence-electron chi connectivity index (χ2n) is 7.73. The topological polar surface area (TPSA) is 42.0 Å². The summed E-state index contributed by atoms with van der Waals surface area (Å²) in [5.74, 6) is -0.00430. The zero-order valence-electron chi connectivity index (χ0n) is 15.9. The number of benzene rings is 3. The number of nitrogens with one attached hydrogen (secondary N) is 1. The van der Waals surface area contributed by atoms with E-state index in [1.165, 1.54) is 22.5 Å². The van der Waals surface area contributed by atoms with Crippen LogP contribution in [-0.4, -0.2) is 10.9 Å². The number of nitrogens with zero attached hydrogens (tertiary/aromatic N) is 1. The monoisotopic (exact) mass is 418 g/mol. The van der Waals surface area contributed by atoms with Crippen molar-refractivity contribution in [1.29, 1.82) is 0 Å². The molecule has 29 heavy (non-hydrogen) atoms. The van der Waals surface area contributed by atoms with Crippen LogP contribution >= 0.6 is 22.9 Å². The molecule has 1 amide bonds. The minimum Gasteiger partial charge on any atom is -0.301 e. The van der Waals surface area contributed by atoms with E-state index in [9.17, 15) is 4.79 Å². The number of fused-ring (bicyclic) bond motifs is 1. The quantitative estimate of drug-likeness (QED) is 0.423. The van der Waals surface area contributed by atoms with Gasteiger partial charge in [0.1, 0.15) is 0 Å². The Hall–Kier alpha value is -2.69. The predicted octanol–water partition coefficient (Wildman–Crippen LogP) is 6.28. The molecule has 0 aliphatic heterocycles. The third-order valence-corrected chi connectivity index (χ3v) is 7.21. The average molecular weight is 419 g/mol. The van der Waals surface area contributed by atoms with Crippen LogP contribution in [0.4, 0.5) is 5.13 Å². The van der Waals surface area contributed by atoms with E-state index in [2.05, 4.69) is 34.6 Å². The molecular formula is C24H19ClN2OS. The fourth-order valence-electron chi connectivity index (χ4n) is 4.40. The lowest BCUT2D eigenvalue weighted by Crippen LogP contribution is -2.30. The first-order chi connectivity index (χ1) is 14.0. The van der Waals surface area contributed by atoms with E-state index in [1.807, 2.05) is 61.5 Å². The molecule has 1 fully saturated rings. The van der Waals surface area contributed by atoms with E-state index in [0.29, 0.717) is 10.2 Å². The van der Waals surface area contributed by atoms with Crippen molar-refractivity contribution in [3.05, 3.63) is 95.0 Å². The number of amides is 1. The van der Waals surface area contributed by atoms with Gasteiger partial charge in [0, 0.05) is 10.4 Å². The Labute approximate surface area is 178 Å². The van der Waals surface area contributed by atoms with Crippen LogP contribution < -0.4 is 5.32 Å². The Morgan fingerprint density at radius 2 is 1.62 bits per heavy atom. The molecule has 5 heteroatoms. The molecule has 1 unspecified atom stereocenters. The second kappa shape index (κ2) is 6.68. The van der Waals surface area contributed by atoms with Gasteiger partial charge in [-0.1, -0.05) is 83.6 Å². The van der Waals surface area contributed by atoms with E-state index in [0.717, 1.165) is 16.6 Å². The van der Waals surface area contributed by atoms with Gasteiger partial charge >= 0.3 is 0 Å². The minimum absolute atomic E-state index is 0.00430. The third kappa shape index (κ3) is 2.86. The Kier molecular flexibility index (Phi) is 4.23. The van der Waals surface area contributed by atoms with Crippen molar-refractivity contribution in [3.63, 3.8) is 0 Å². The van der Waals surface area contributed by atoms with Crippen LogP contribution in [0.1, 0.15) is 24.5 Å². The summed E-state index contributed by atoms with van der Waals surface area (Å²) in [6, 6.07) is 26.2. The van der Waals surface area contributed by atoms with Crippen molar-refractivity contribution < 1.29 is 4.79 Å². The number of carbonyl (C=O) groups is 1. The summed E-state index contributed by atoms with van der Waals surface area (Å²) in [4.78, 5) is 18.0. The number of hydrogen-bond acceptors (Lipinski definition) is 3. The van der Waals surface area contributed by atoms with Crippen LogP contribution in [0.15, 0.2) is 78.9 Å². The summed E-state index contributed by atoms with van der Waals surface area (Å²) >= 11 is 7.53. The normalized spacial score (nSPS) is 19.8. The van der Waals surface area contributed by atoms with Crippen molar-refractivity contribution >= 4 is 44.2 Å². The lowest BCUT2D eigenvalue weighted by atomic mass is 9.80. The number of rotatable bonds is 4. The lowest BCUT2D eigenvalue weighted by Gasteiger charge is -2.23. The number of aromatic nitrogens is 1. The van der Waals surface area contributed by atoms with Gasteiger partial charge in [0.25, 0.3) is 0 Å².